The van der Waals surface area contributed by atoms with Gasteiger partial charge in [0.1, 0.15) is 0 Å². The second kappa shape index (κ2) is 8.70. The molecule has 0 aliphatic rings. The summed E-state index contributed by atoms with van der Waals surface area (Å²) in [7, 11) is 0. The Kier molecular flexibility index (Phi) is 6.09. The average molecular weight is 377 g/mol. The van der Waals surface area contributed by atoms with Crippen molar-refractivity contribution in [3.05, 3.63) is 36.7 Å². The smallest absolute Gasteiger partial charge is 0.227 e. The van der Waals surface area contributed by atoms with E-state index in [2.05, 4.69) is 65.7 Å². The lowest BCUT2D eigenvalue weighted by Crippen LogP contribution is -2.22. The van der Waals surface area contributed by atoms with E-state index in [4.69, 9.17) is 15.2 Å². The van der Waals surface area contributed by atoms with Crippen LogP contribution in [0.3, 0.4) is 0 Å². The third-order valence-corrected chi connectivity index (χ3v) is 4.76. The summed E-state index contributed by atoms with van der Waals surface area (Å²) in [5, 5.41) is 12.4. The Balaban J connectivity index is 2.15. The Morgan fingerprint density at radius 1 is 1.18 bits per heavy atom. The minimum atomic E-state index is 0.0116. The minimum absolute atomic E-state index is 0.0116. The van der Waals surface area contributed by atoms with Crippen LogP contribution in [0.4, 0.5) is 17.5 Å². The number of anilines is 3. The van der Waals surface area contributed by atoms with E-state index in [1.807, 2.05) is 24.5 Å². The minimum Gasteiger partial charge on any atom is -0.350 e. The van der Waals surface area contributed by atoms with Gasteiger partial charge in [-0.2, -0.15) is 15.2 Å². The van der Waals surface area contributed by atoms with Crippen molar-refractivity contribution in [1.82, 2.24) is 19.5 Å². The van der Waals surface area contributed by atoms with E-state index >= 15 is 0 Å². The number of fused-ring (bicyclic) bond motifs is 1. The van der Waals surface area contributed by atoms with Crippen molar-refractivity contribution >= 4 is 28.6 Å². The first-order chi connectivity index (χ1) is 13.6. The lowest BCUT2D eigenvalue weighted by molar-refractivity contribution is 0.612. The number of benzene rings is 1. The highest BCUT2D eigenvalue weighted by molar-refractivity contribution is 5.87. The molecule has 0 spiro atoms. The van der Waals surface area contributed by atoms with Gasteiger partial charge < -0.3 is 14.8 Å². The molecule has 0 radical (unpaired) electrons. The fourth-order valence-electron chi connectivity index (χ4n) is 3.19. The monoisotopic (exact) mass is 377 g/mol. The number of aromatic nitrogens is 4. The van der Waals surface area contributed by atoms with Crippen molar-refractivity contribution in [2.24, 2.45) is 0 Å². The predicted octanol–water partition coefficient (Wildman–Crippen LogP) is 4.67. The molecule has 1 N–H and O–H groups in total. The molecule has 0 amide bonds. The maximum atomic E-state index is 9.08. The summed E-state index contributed by atoms with van der Waals surface area (Å²) in [5.41, 5.74) is 2.63. The van der Waals surface area contributed by atoms with Crippen LogP contribution in [-0.2, 0) is 0 Å². The zero-order chi connectivity index (χ0) is 20.1. The second-order valence-electron chi connectivity index (χ2n) is 6.98. The molecule has 7 heteroatoms. The van der Waals surface area contributed by atoms with Gasteiger partial charge in [0, 0.05) is 24.3 Å². The van der Waals surface area contributed by atoms with Crippen LogP contribution >= 0.6 is 0 Å². The quantitative estimate of drug-likeness (QED) is 0.614. The van der Waals surface area contributed by atoms with Crippen LogP contribution in [0.1, 0.15) is 46.6 Å². The summed E-state index contributed by atoms with van der Waals surface area (Å²) in [5.74, 6) is 1.30. The molecule has 0 aliphatic heterocycles. The SMILES string of the molecule is CCC(CC#N)Nc1nc(N(CC)c2ccccc2)c2ncn(C(C)C)c2n1. The van der Waals surface area contributed by atoms with Crippen LogP contribution in [0, 0.1) is 11.3 Å². The largest absolute Gasteiger partial charge is 0.350 e. The Morgan fingerprint density at radius 2 is 1.93 bits per heavy atom. The van der Waals surface area contributed by atoms with Gasteiger partial charge in [0.25, 0.3) is 0 Å². The molecule has 0 bridgehead atoms. The van der Waals surface area contributed by atoms with Gasteiger partial charge in [-0.05, 0) is 39.3 Å². The zero-order valence-corrected chi connectivity index (χ0v) is 16.9. The second-order valence-corrected chi connectivity index (χ2v) is 6.98. The average Bonchev–Trinajstić information content (AvgIpc) is 3.13. The molecule has 0 saturated heterocycles. The molecule has 1 atom stereocenters. The van der Waals surface area contributed by atoms with Crippen LogP contribution in [0.2, 0.25) is 0 Å². The van der Waals surface area contributed by atoms with Gasteiger partial charge in [-0.15, -0.1) is 0 Å². The van der Waals surface area contributed by atoms with Crippen molar-refractivity contribution in [1.29, 1.82) is 5.26 Å². The van der Waals surface area contributed by atoms with Crippen molar-refractivity contribution in [2.45, 2.75) is 52.6 Å². The number of hydrogen-bond acceptors (Lipinski definition) is 6. The highest BCUT2D eigenvalue weighted by Crippen LogP contribution is 2.31. The number of nitrogens with zero attached hydrogens (tertiary/aromatic N) is 6. The van der Waals surface area contributed by atoms with E-state index in [9.17, 15) is 0 Å². The molecule has 0 saturated carbocycles. The molecule has 2 heterocycles. The molecule has 28 heavy (non-hydrogen) atoms. The molecular weight excluding hydrogens is 350 g/mol. The lowest BCUT2D eigenvalue weighted by atomic mass is 10.2. The molecule has 1 aromatic carbocycles. The first-order valence-electron chi connectivity index (χ1n) is 9.79. The molecule has 7 nitrogen and oxygen atoms in total. The van der Waals surface area contributed by atoms with Crippen molar-refractivity contribution in [3.63, 3.8) is 0 Å². The fourth-order valence-corrected chi connectivity index (χ4v) is 3.19. The van der Waals surface area contributed by atoms with Crippen LogP contribution in [-0.4, -0.2) is 32.1 Å². The molecule has 146 valence electrons. The van der Waals surface area contributed by atoms with Gasteiger partial charge in [-0.25, -0.2) is 4.98 Å². The first kappa shape index (κ1) is 19.6. The van der Waals surface area contributed by atoms with E-state index in [1.165, 1.54) is 0 Å². The Morgan fingerprint density at radius 3 is 2.54 bits per heavy atom. The third kappa shape index (κ3) is 3.91. The summed E-state index contributed by atoms with van der Waals surface area (Å²) in [6.45, 7) is 9.11. The maximum absolute atomic E-state index is 9.08. The number of hydrogen-bond donors (Lipinski definition) is 1. The highest BCUT2D eigenvalue weighted by atomic mass is 15.3. The summed E-state index contributed by atoms with van der Waals surface area (Å²) in [6, 6.07) is 12.6. The van der Waals surface area contributed by atoms with E-state index < -0.39 is 0 Å². The molecule has 0 fully saturated rings. The Hall–Kier alpha value is -3.14. The van der Waals surface area contributed by atoms with Crippen LogP contribution < -0.4 is 10.2 Å². The van der Waals surface area contributed by atoms with E-state index in [-0.39, 0.29) is 12.1 Å². The van der Waals surface area contributed by atoms with Crippen LogP contribution in [0.5, 0.6) is 0 Å². The number of rotatable bonds is 8. The lowest BCUT2D eigenvalue weighted by Gasteiger charge is -2.23. The molecule has 2 aromatic heterocycles. The maximum Gasteiger partial charge on any atom is 0.227 e. The number of para-hydroxylation sites is 1. The van der Waals surface area contributed by atoms with Crippen molar-refractivity contribution in [2.75, 3.05) is 16.8 Å². The van der Waals surface area contributed by atoms with Crippen molar-refractivity contribution in [3.8, 4) is 6.07 Å². The Labute approximate surface area is 166 Å². The topological polar surface area (TPSA) is 82.7 Å². The highest BCUT2D eigenvalue weighted by Gasteiger charge is 2.20. The zero-order valence-electron chi connectivity index (χ0n) is 16.9. The molecule has 3 rings (SSSR count). The molecule has 0 aliphatic carbocycles. The van der Waals surface area contributed by atoms with Gasteiger partial charge in [0.2, 0.25) is 5.95 Å². The van der Waals surface area contributed by atoms with Crippen LogP contribution in [0.15, 0.2) is 36.7 Å². The van der Waals surface area contributed by atoms with Gasteiger partial charge in [0.05, 0.1) is 18.8 Å². The predicted molar refractivity (Wildman–Crippen MR) is 113 cm³/mol. The molecule has 3 aromatic rings. The summed E-state index contributed by atoms with van der Waals surface area (Å²) < 4.78 is 2.05. The van der Waals surface area contributed by atoms with Gasteiger partial charge in [-0.1, -0.05) is 25.1 Å². The van der Waals surface area contributed by atoms with Gasteiger partial charge in [-0.3, -0.25) is 0 Å². The summed E-state index contributed by atoms with van der Waals surface area (Å²) >= 11 is 0. The van der Waals surface area contributed by atoms with E-state index in [0.717, 1.165) is 35.6 Å². The van der Waals surface area contributed by atoms with Gasteiger partial charge >= 0.3 is 0 Å². The van der Waals surface area contributed by atoms with E-state index in [0.29, 0.717) is 12.4 Å². The Bertz CT molecular complexity index is 956. The number of nitrogens with one attached hydrogen (secondary N) is 1. The van der Waals surface area contributed by atoms with Crippen LogP contribution in [0.25, 0.3) is 11.2 Å². The van der Waals surface area contributed by atoms with Crippen molar-refractivity contribution < 1.29 is 0 Å². The summed E-state index contributed by atoms with van der Waals surface area (Å²) in [4.78, 5) is 16.3. The van der Waals surface area contributed by atoms with E-state index in [1.54, 1.807) is 0 Å². The fraction of sp³-hybridized carbons (Fsp3) is 0.429. The van der Waals surface area contributed by atoms with Gasteiger partial charge in [0.15, 0.2) is 17.0 Å². The number of nitriles is 1. The normalized spacial score (nSPS) is 12.1. The molecular formula is C21H27N7. The summed E-state index contributed by atoms with van der Waals surface area (Å²) in [6.07, 6.45) is 3.06. The number of imidazole rings is 1. The third-order valence-electron chi connectivity index (χ3n) is 4.76. The molecule has 1 unspecified atom stereocenters. The first-order valence-corrected chi connectivity index (χ1v) is 9.79. The standard InChI is InChI=1S/C21H27N7/c1-5-16(12-13-22)24-21-25-19(27(6-2)17-10-8-7-9-11-17)18-20(26-21)28(14-23-18)15(3)4/h7-11,14-16H,5-6,12H2,1-4H3,(H,24,25,26).